The summed E-state index contributed by atoms with van der Waals surface area (Å²) in [6, 6.07) is 18.2. The first-order chi connectivity index (χ1) is 12.6. The number of thioether (sulfide) groups is 1. The van der Waals surface area contributed by atoms with Gasteiger partial charge in [-0.3, -0.25) is 4.79 Å². The van der Waals surface area contributed by atoms with Crippen molar-refractivity contribution in [1.29, 1.82) is 0 Å². The van der Waals surface area contributed by atoms with Crippen molar-refractivity contribution in [1.82, 2.24) is 4.90 Å². The molecule has 3 rings (SSSR count). The van der Waals surface area contributed by atoms with Crippen LogP contribution in [-0.4, -0.2) is 42.8 Å². The van der Waals surface area contributed by atoms with Crippen molar-refractivity contribution in [2.24, 2.45) is 11.7 Å². The van der Waals surface area contributed by atoms with E-state index >= 15 is 0 Å². The minimum absolute atomic E-state index is 0. The topological polar surface area (TPSA) is 55.6 Å². The second-order valence-corrected chi connectivity index (χ2v) is 8.11. The third-order valence-electron chi connectivity index (χ3n) is 5.00. The van der Waals surface area contributed by atoms with Gasteiger partial charge in [0.15, 0.2) is 0 Å². The van der Waals surface area contributed by atoms with E-state index < -0.39 is 0 Å². The van der Waals surface area contributed by atoms with Gasteiger partial charge in [0.25, 0.3) is 0 Å². The number of nitrogens with two attached hydrogens (primary N) is 1. The standard InChI is InChI=1S/C21H26N2O2S.ClH/c1-15(26-19-10-8-18(25-2)9-11-19)21(24)23-13-17(12-22)20(14-23)16-6-4-3-5-7-16;/h3-11,15,17,20H,12-14,22H2,1-2H3;1H/t15?,17-,20+;/m1./s1. The molecule has 0 aliphatic carbocycles. The van der Waals surface area contributed by atoms with Gasteiger partial charge in [-0.05, 0) is 49.2 Å². The van der Waals surface area contributed by atoms with Gasteiger partial charge in [-0.25, -0.2) is 0 Å². The molecule has 3 atom stereocenters. The Morgan fingerprint density at radius 2 is 1.85 bits per heavy atom. The average Bonchev–Trinajstić information content (AvgIpc) is 3.13. The summed E-state index contributed by atoms with van der Waals surface area (Å²) in [5, 5.41) is -0.128. The van der Waals surface area contributed by atoms with Crippen LogP contribution in [0.2, 0.25) is 0 Å². The third kappa shape index (κ3) is 5.18. The number of halogens is 1. The molecule has 2 N–H and O–H groups in total. The predicted molar refractivity (Wildman–Crippen MR) is 114 cm³/mol. The monoisotopic (exact) mass is 406 g/mol. The quantitative estimate of drug-likeness (QED) is 0.741. The van der Waals surface area contributed by atoms with Crippen molar-refractivity contribution < 1.29 is 9.53 Å². The van der Waals surface area contributed by atoms with Crippen LogP contribution in [0.3, 0.4) is 0 Å². The zero-order valence-corrected chi connectivity index (χ0v) is 17.3. The van der Waals surface area contributed by atoms with Crippen molar-refractivity contribution >= 4 is 30.1 Å². The summed E-state index contributed by atoms with van der Waals surface area (Å²) in [7, 11) is 1.65. The molecule has 2 aromatic carbocycles. The van der Waals surface area contributed by atoms with E-state index in [0.29, 0.717) is 18.4 Å². The Kier molecular flexibility index (Phi) is 8.02. The highest BCUT2D eigenvalue weighted by Crippen LogP contribution is 2.34. The fourth-order valence-corrected chi connectivity index (χ4v) is 4.49. The molecule has 0 bridgehead atoms. The van der Waals surface area contributed by atoms with E-state index in [2.05, 4.69) is 24.3 Å². The molecule has 1 amide bonds. The van der Waals surface area contributed by atoms with E-state index in [-0.39, 0.29) is 23.6 Å². The van der Waals surface area contributed by atoms with Crippen LogP contribution >= 0.6 is 24.2 Å². The molecular weight excluding hydrogens is 380 g/mol. The van der Waals surface area contributed by atoms with Crippen molar-refractivity contribution in [2.75, 3.05) is 26.7 Å². The lowest BCUT2D eigenvalue weighted by Crippen LogP contribution is -2.35. The highest BCUT2D eigenvalue weighted by Gasteiger charge is 2.36. The minimum Gasteiger partial charge on any atom is -0.497 e. The van der Waals surface area contributed by atoms with E-state index in [1.54, 1.807) is 18.9 Å². The highest BCUT2D eigenvalue weighted by atomic mass is 35.5. The molecule has 2 aromatic rings. The van der Waals surface area contributed by atoms with Crippen molar-refractivity contribution in [2.45, 2.75) is 23.0 Å². The van der Waals surface area contributed by atoms with Crippen LogP contribution in [0.1, 0.15) is 18.4 Å². The predicted octanol–water partition coefficient (Wildman–Crippen LogP) is 3.80. The fourth-order valence-electron chi connectivity index (χ4n) is 3.53. The van der Waals surface area contributed by atoms with Crippen LogP contribution in [-0.2, 0) is 4.79 Å². The maximum Gasteiger partial charge on any atom is 0.235 e. The molecule has 1 aliphatic heterocycles. The van der Waals surface area contributed by atoms with E-state index in [9.17, 15) is 4.79 Å². The molecule has 0 aromatic heterocycles. The first-order valence-electron chi connectivity index (χ1n) is 8.97. The summed E-state index contributed by atoms with van der Waals surface area (Å²) in [6.07, 6.45) is 0. The fraction of sp³-hybridized carbons (Fsp3) is 0.381. The molecule has 0 radical (unpaired) electrons. The SMILES string of the molecule is COc1ccc(SC(C)C(=O)N2C[C@@H](CN)[C@H](c3ccccc3)C2)cc1.Cl. The average molecular weight is 407 g/mol. The van der Waals surface area contributed by atoms with Crippen molar-refractivity contribution in [3.63, 3.8) is 0 Å². The second kappa shape index (κ2) is 10.0. The molecule has 146 valence electrons. The number of nitrogens with zero attached hydrogens (tertiary/aromatic N) is 1. The number of carbonyl (C=O) groups excluding carboxylic acids is 1. The Bertz CT molecular complexity index is 727. The number of ether oxygens (including phenoxy) is 1. The number of hydrogen-bond acceptors (Lipinski definition) is 4. The second-order valence-electron chi connectivity index (χ2n) is 6.69. The molecule has 1 saturated heterocycles. The molecule has 0 spiro atoms. The molecule has 4 nitrogen and oxygen atoms in total. The zero-order valence-electron chi connectivity index (χ0n) is 15.7. The number of methoxy groups -OCH3 is 1. The molecule has 1 fully saturated rings. The number of carbonyl (C=O) groups is 1. The summed E-state index contributed by atoms with van der Waals surface area (Å²) in [5.41, 5.74) is 7.27. The van der Waals surface area contributed by atoms with E-state index in [1.807, 2.05) is 42.2 Å². The lowest BCUT2D eigenvalue weighted by Gasteiger charge is -2.21. The van der Waals surface area contributed by atoms with Crippen molar-refractivity contribution in [3.8, 4) is 5.75 Å². The maximum atomic E-state index is 13.0. The van der Waals surface area contributed by atoms with Crippen LogP contribution < -0.4 is 10.5 Å². The number of likely N-dealkylation sites (tertiary alicyclic amines) is 1. The van der Waals surface area contributed by atoms with Crippen LogP contribution in [0.25, 0.3) is 0 Å². The van der Waals surface area contributed by atoms with Crippen LogP contribution in [0.4, 0.5) is 0 Å². The van der Waals surface area contributed by atoms with Gasteiger partial charge in [-0.1, -0.05) is 30.3 Å². The molecule has 6 heteroatoms. The maximum absolute atomic E-state index is 13.0. The number of benzene rings is 2. The molecule has 1 aliphatic rings. The van der Waals surface area contributed by atoms with E-state index in [1.165, 1.54) is 5.56 Å². The highest BCUT2D eigenvalue weighted by molar-refractivity contribution is 8.00. The van der Waals surface area contributed by atoms with Gasteiger partial charge in [0, 0.05) is 23.9 Å². The first kappa shape index (κ1) is 21.6. The Morgan fingerprint density at radius 1 is 1.19 bits per heavy atom. The number of hydrogen-bond donors (Lipinski definition) is 1. The van der Waals surface area contributed by atoms with Gasteiger partial charge in [-0.15, -0.1) is 24.2 Å². The first-order valence-corrected chi connectivity index (χ1v) is 9.85. The van der Waals surface area contributed by atoms with Gasteiger partial charge in [0.1, 0.15) is 5.75 Å². The summed E-state index contributed by atoms with van der Waals surface area (Å²) in [4.78, 5) is 16.0. The molecule has 27 heavy (non-hydrogen) atoms. The molecule has 0 saturated carbocycles. The third-order valence-corrected chi connectivity index (χ3v) is 6.10. The van der Waals surface area contributed by atoms with Crippen LogP contribution in [0.15, 0.2) is 59.5 Å². The Labute approximate surface area is 171 Å². The van der Waals surface area contributed by atoms with Gasteiger partial charge >= 0.3 is 0 Å². The van der Waals surface area contributed by atoms with Crippen molar-refractivity contribution in [3.05, 3.63) is 60.2 Å². The number of rotatable bonds is 6. The lowest BCUT2D eigenvalue weighted by atomic mass is 9.89. The van der Waals surface area contributed by atoms with E-state index in [0.717, 1.165) is 23.7 Å². The largest absolute Gasteiger partial charge is 0.497 e. The molecule has 1 heterocycles. The van der Waals surface area contributed by atoms with Gasteiger partial charge < -0.3 is 15.4 Å². The zero-order chi connectivity index (χ0) is 18.5. The normalized spacial score (nSPS) is 20.0. The van der Waals surface area contributed by atoms with Crippen LogP contribution in [0.5, 0.6) is 5.75 Å². The Morgan fingerprint density at radius 3 is 2.44 bits per heavy atom. The summed E-state index contributed by atoms with van der Waals surface area (Å²) in [5.74, 6) is 1.65. The minimum atomic E-state index is -0.128. The Hall–Kier alpha value is -1.69. The summed E-state index contributed by atoms with van der Waals surface area (Å²) < 4.78 is 5.18. The molecule has 1 unspecified atom stereocenters. The smallest absolute Gasteiger partial charge is 0.235 e. The van der Waals surface area contributed by atoms with E-state index in [4.69, 9.17) is 10.5 Å². The van der Waals surface area contributed by atoms with Gasteiger partial charge in [0.05, 0.1) is 12.4 Å². The summed E-state index contributed by atoms with van der Waals surface area (Å²) >= 11 is 1.59. The van der Waals surface area contributed by atoms with Gasteiger partial charge in [-0.2, -0.15) is 0 Å². The van der Waals surface area contributed by atoms with Gasteiger partial charge in [0.2, 0.25) is 5.91 Å². The molecular formula is C21H27ClN2O2S. The van der Waals surface area contributed by atoms with Crippen LogP contribution in [0, 0.1) is 5.92 Å². The Balaban J connectivity index is 0.00000261. The number of amides is 1. The lowest BCUT2D eigenvalue weighted by molar-refractivity contribution is -0.129. The summed E-state index contributed by atoms with van der Waals surface area (Å²) in [6.45, 7) is 4.06.